The second-order valence-corrected chi connectivity index (χ2v) is 9.42. The van der Waals surface area contributed by atoms with E-state index in [2.05, 4.69) is 45.5 Å². The summed E-state index contributed by atoms with van der Waals surface area (Å²) in [4.78, 5) is 13.1. The highest BCUT2D eigenvalue weighted by atomic mass is 79.9. The number of aromatic hydroxyl groups is 1. The van der Waals surface area contributed by atoms with Gasteiger partial charge < -0.3 is 10.4 Å². The van der Waals surface area contributed by atoms with Crippen molar-refractivity contribution in [1.29, 1.82) is 0 Å². The Hall–Kier alpha value is -2.59. The van der Waals surface area contributed by atoms with Crippen LogP contribution in [-0.2, 0) is 10.2 Å². The van der Waals surface area contributed by atoms with Gasteiger partial charge in [-0.2, -0.15) is 0 Å². The number of phenolic OH excluding ortho intramolecular Hbond substituents is 1. The van der Waals surface area contributed by atoms with Crippen molar-refractivity contribution in [3.8, 4) is 5.75 Å². The molecule has 0 aromatic heterocycles. The zero-order valence-electron chi connectivity index (χ0n) is 17.6. The summed E-state index contributed by atoms with van der Waals surface area (Å²) in [6, 6.07) is 25.9. The SMILES string of the molecule is O=C(C[C@@H](c1ccccc1)c1cc(Br)ccc1O)NCC1(c2ccccc2)CCCC1. The third-order valence-corrected chi connectivity index (χ3v) is 7.02. The molecule has 2 N–H and O–H groups in total. The van der Waals surface area contributed by atoms with Gasteiger partial charge in [0.1, 0.15) is 5.75 Å². The van der Waals surface area contributed by atoms with Gasteiger partial charge in [-0.05, 0) is 42.2 Å². The molecule has 1 fully saturated rings. The van der Waals surface area contributed by atoms with Crippen molar-refractivity contribution in [1.82, 2.24) is 5.32 Å². The van der Waals surface area contributed by atoms with Crippen LogP contribution in [0.1, 0.15) is 54.7 Å². The molecule has 1 atom stereocenters. The van der Waals surface area contributed by atoms with E-state index >= 15 is 0 Å². The van der Waals surface area contributed by atoms with E-state index in [0.717, 1.165) is 28.4 Å². The van der Waals surface area contributed by atoms with Gasteiger partial charge in [-0.15, -0.1) is 0 Å². The average molecular weight is 478 g/mol. The number of benzene rings is 3. The van der Waals surface area contributed by atoms with Gasteiger partial charge >= 0.3 is 0 Å². The van der Waals surface area contributed by atoms with Crippen LogP contribution >= 0.6 is 15.9 Å². The minimum atomic E-state index is -0.213. The van der Waals surface area contributed by atoms with E-state index < -0.39 is 0 Å². The van der Waals surface area contributed by atoms with Crippen LogP contribution in [0.2, 0.25) is 0 Å². The zero-order valence-corrected chi connectivity index (χ0v) is 19.1. The van der Waals surface area contributed by atoms with Crippen molar-refractivity contribution < 1.29 is 9.90 Å². The summed E-state index contributed by atoms with van der Waals surface area (Å²) < 4.78 is 0.885. The number of nitrogens with one attached hydrogen (secondary N) is 1. The third-order valence-electron chi connectivity index (χ3n) is 6.53. The Balaban J connectivity index is 1.53. The summed E-state index contributed by atoms with van der Waals surface area (Å²) in [5.74, 6) is 0.00629. The second kappa shape index (κ2) is 9.69. The minimum absolute atomic E-state index is 0.00966. The number of hydrogen-bond acceptors (Lipinski definition) is 2. The van der Waals surface area contributed by atoms with E-state index in [-0.39, 0.29) is 23.0 Å². The molecular weight excluding hydrogens is 450 g/mol. The predicted octanol–water partition coefficient (Wildman–Crippen LogP) is 6.30. The van der Waals surface area contributed by atoms with Crippen molar-refractivity contribution in [2.45, 2.75) is 43.4 Å². The van der Waals surface area contributed by atoms with Crippen molar-refractivity contribution in [3.63, 3.8) is 0 Å². The molecule has 0 bridgehead atoms. The molecule has 4 heteroatoms. The summed E-state index contributed by atoms with van der Waals surface area (Å²) in [5, 5.41) is 13.8. The highest BCUT2D eigenvalue weighted by Gasteiger charge is 2.36. The van der Waals surface area contributed by atoms with Crippen LogP contribution in [0.25, 0.3) is 0 Å². The van der Waals surface area contributed by atoms with E-state index in [9.17, 15) is 9.90 Å². The Kier molecular flexibility index (Phi) is 6.77. The molecule has 3 aromatic carbocycles. The van der Waals surface area contributed by atoms with E-state index in [1.807, 2.05) is 48.5 Å². The lowest BCUT2D eigenvalue weighted by molar-refractivity contribution is -0.121. The fraction of sp³-hybridized carbons (Fsp3) is 0.296. The van der Waals surface area contributed by atoms with E-state index in [1.54, 1.807) is 6.07 Å². The molecule has 0 radical (unpaired) electrons. The third kappa shape index (κ3) is 5.01. The molecule has 0 unspecified atom stereocenters. The molecule has 0 heterocycles. The van der Waals surface area contributed by atoms with Gasteiger partial charge in [0, 0.05) is 34.3 Å². The first-order chi connectivity index (χ1) is 15.1. The van der Waals surface area contributed by atoms with Gasteiger partial charge in [-0.3, -0.25) is 4.79 Å². The molecule has 0 spiro atoms. The molecule has 1 aliphatic carbocycles. The summed E-state index contributed by atoms with van der Waals surface area (Å²) in [5.41, 5.74) is 3.12. The Bertz CT molecular complexity index is 1010. The van der Waals surface area contributed by atoms with Gasteiger partial charge in [0.2, 0.25) is 5.91 Å². The number of rotatable bonds is 7. The Labute approximate surface area is 192 Å². The zero-order chi connectivity index (χ0) is 21.7. The molecule has 160 valence electrons. The predicted molar refractivity (Wildman–Crippen MR) is 128 cm³/mol. The van der Waals surface area contributed by atoms with Crippen molar-refractivity contribution >= 4 is 21.8 Å². The van der Waals surface area contributed by atoms with Gasteiger partial charge in [0.15, 0.2) is 0 Å². The molecule has 0 saturated heterocycles. The van der Waals surface area contributed by atoms with Crippen LogP contribution in [0.5, 0.6) is 5.75 Å². The fourth-order valence-electron chi connectivity index (χ4n) is 4.83. The Morgan fingerprint density at radius 3 is 2.29 bits per heavy atom. The average Bonchev–Trinajstić information content (AvgIpc) is 3.29. The number of phenols is 1. The Morgan fingerprint density at radius 2 is 1.61 bits per heavy atom. The van der Waals surface area contributed by atoms with Crippen molar-refractivity contribution in [2.24, 2.45) is 0 Å². The number of carbonyl (C=O) groups excluding carboxylic acids is 1. The minimum Gasteiger partial charge on any atom is -0.508 e. The van der Waals surface area contributed by atoms with E-state index in [4.69, 9.17) is 0 Å². The maximum Gasteiger partial charge on any atom is 0.220 e. The monoisotopic (exact) mass is 477 g/mol. The highest BCUT2D eigenvalue weighted by Crippen LogP contribution is 2.41. The lowest BCUT2D eigenvalue weighted by Crippen LogP contribution is -2.39. The summed E-state index contributed by atoms with van der Waals surface area (Å²) in [6.45, 7) is 0.655. The maximum absolute atomic E-state index is 13.1. The number of amides is 1. The lowest BCUT2D eigenvalue weighted by atomic mass is 9.78. The van der Waals surface area contributed by atoms with E-state index in [1.165, 1.54) is 18.4 Å². The van der Waals surface area contributed by atoms with Gasteiger partial charge in [-0.25, -0.2) is 0 Å². The first kappa shape index (κ1) is 21.6. The van der Waals surface area contributed by atoms with Crippen LogP contribution in [0.3, 0.4) is 0 Å². The Morgan fingerprint density at radius 1 is 0.968 bits per heavy atom. The van der Waals surface area contributed by atoms with Gasteiger partial charge in [-0.1, -0.05) is 89.4 Å². The molecule has 3 nitrogen and oxygen atoms in total. The molecule has 1 aliphatic rings. The second-order valence-electron chi connectivity index (χ2n) is 8.50. The quantitative estimate of drug-likeness (QED) is 0.419. The first-order valence-corrected chi connectivity index (χ1v) is 11.7. The first-order valence-electron chi connectivity index (χ1n) is 10.9. The molecule has 1 saturated carbocycles. The van der Waals surface area contributed by atoms with Crippen LogP contribution in [-0.4, -0.2) is 17.6 Å². The highest BCUT2D eigenvalue weighted by molar-refractivity contribution is 9.10. The number of halogens is 1. The molecule has 1 amide bonds. The van der Waals surface area contributed by atoms with Crippen LogP contribution < -0.4 is 5.32 Å². The fourth-order valence-corrected chi connectivity index (χ4v) is 5.21. The largest absolute Gasteiger partial charge is 0.508 e. The van der Waals surface area contributed by atoms with Crippen molar-refractivity contribution in [3.05, 3.63) is 100 Å². The summed E-state index contributed by atoms with van der Waals surface area (Å²) in [6.07, 6.45) is 4.89. The van der Waals surface area contributed by atoms with Gasteiger partial charge in [0.25, 0.3) is 0 Å². The standard InChI is InChI=1S/C27H28BrNO2/c28-22-13-14-25(30)24(17-22)23(20-9-3-1-4-10-20)18-26(31)29-19-27(15-7-8-16-27)21-11-5-2-6-12-21/h1-6,9-14,17,23,30H,7-8,15-16,18-19H2,(H,29,31)/t23-/m0/s1. The topological polar surface area (TPSA) is 49.3 Å². The molecule has 31 heavy (non-hydrogen) atoms. The van der Waals surface area contributed by atoms with Gasteiger partial charge in [0.05, 0.1) is 0 Å². The van der Waals surface area contributed by atoms with E-state index in [0.29, 0.717) is 13.0 Å². The number of carbonyl (C=O) groups is 1. The maximum atomic E-state index is 13.1. The summed E-state index contributed by atoms with van der Waals surface area (Å²) in [7, 11) is 0. The van der Waals surface area contributed by atoms with Crippen LogP contribution in [0.15, 0.2) is 83.3 Å². The molecule has 4 rings (SSSR count). The summed E-state index contributed by atoms with van der Waals surface area (Å²) >= 11 is 3.50. The normalized spacial score (nSPS) is 16.0. The van der Waals surface area contributed by atoms with Crippen LogP contribution in [0, 0.1) is 0 Å². The van der Waals surface area contributed by atoms with Crippen LogP contribution in [0.4, 0.5) is 0 Å². The lowest BCUT2D eigenvalue weighted by Gasteiger charge is -2.30. The molecule has 0 aliphatic heterocycles. The molecule has 3 aromatic rings. The molecular formula is C27H28BrNO2. The number of hydrogen-bond donors (Lipinski definition) is 2. The van der Waals surface area contributed by atoms with Crippen molar-refractivity contribution in [2.75, 3.05) is 6.54 Å². The smallest absolute Gasteiger partial charge is 0.220 e.